The molecule has 0 aliphatic rings. The number of terminal acetylenes is 1. The van der Waals surface area contributed by atoms with Crippen LogP contribution in [-0.4, -0.2) is 23.1 Å². The monoisotopic (exact) mass is 518 g/mol. The van der Waals surface area contributed by atoms with Crippen LogP contribution in [0.2, 0.25) is 0 Å². The Hall–Kier alpha value is -5.66. The van der Waals surface area contributed by atoms with E-state index in [4.69, 9.17) is 6.42 Å². The minimum Gasteiger partial charge on any atom is -0.285 e. The van der Waals surface area contributed by atoms with Crippen molar-refractivity contribution in [2.45, 2.75) is 0 Å². The SMILES string of the molecule is C#Cc1cc(C(=O)C(=O)c2ccc(-c3ccccc3)cc2)cc(C(=O)C(=O)c2ccc(-c3ccccc3)cc2)c1. The average molecular weight is 519 g/mol. The van der Waals surface area contributed by atoms with E-state index in [9.17, 15) is 19.2 Å². The third-order valence-corrected chi connectivity index (χ3v) is 6.54. The molecule has 0 heterocycles. The maximum Gasteiger partial charge on any atom is 0.233 e. The lowest BCUT2D eigenvalue weighted by molar-refractivity contribution is 0.0812. The van der Waals surface area contributed by atoms with Gasteiger partial charge in [-0.25, -0.2) is 0 Å². The lowest BCUT2D eigenvalue weighted by Crippen LogP contribution is -2.18. The maximum absolute atomic E-state index is 13.1. The second-order valence-electron chi connectivity index (χ2n) is 9.15. The van der Waals surface area contributed by atoms with Crippen molar-refractivity contribution in [1.82, 2.24) is 0 Å². The standard InChI is InChI=1S/C36H22O4/c1-2-24-21-31(35(39)33(37)29-17-13-27(14-18-29)25-9-5-3-6-10-25)23-32(22-24)36(40)34(38)30-19-15-28(16-20-30)26-11-7-4-8-12-26/h1,3-23H. The molecule has 5 aromatic rings. The van der Waals surface area contributed by atoms with Gasteiger partial charge in [0.15, 0.2) is 0 Å². The fourth-order valence-corrected chi connectivity index (χ4v) is 4.39. The van der Waals surface area contributed by atoms with Crippen molar-refractivity contribution >= 4 is 23.1 Å². The van der Waals surface area contributed by atoms with E-state index in [0.29, 0.717) is 0 Å². The predicted octanol–water partition coefficient (Wildman–Crippen LogP) is 7.13. The summed E-state index contributed by atoms with van der Waals surface area (Å²) in [5.41, 5.74) is 4.30. The molecule has 0 radical (unpaired) electrons. The molecule has 0 aliphatic heterocycles. The summed E-state index contributed by atoms with van der Waals surface area (Å²) in [5, 5.41) is 0. The first-order valence-corrected chi connectivity index (χ1v) is 12.6. The van der Waals surface area contributed by atoms with Crippen molar-refractivity contribution < 1.29 is 19.2 Å². The van der Waals surface area contributed by atoms with E-state index in [1.807, 2.05) is 60.7 Å². The second-order valence-corrected chi connectivity index (χ2v) is 9.15. The molecule has 4 heteroatoms. The Bertz CT molecular complexity index is 1650. The van der Waals surface area contributed by atoms with Gasteiger partial charge in [0.1, 0.15) is 0 Å². The molecule has 0 amide bonds. The van der Waals surface area contributed by atoms with Gasteiger partial charge < -0.3 is 0 Å². The number of ketones is 4. The summed E-state index contributed by atoms with van der Waals surface area (Å²) in [6, 6.07) is 36.7. The Labute approximate surface area is 231 Å². The highest BCUT2D eigenvalue weighted by atomic mass is 16.2. The molecule has 0 aromatic heterocycles. The minimum absolute atomic E-state index is 0.0526. The first-order chi connectivity index (χ1) is 19.4. The molecule has 0 fully saturated rings. The zero-order valence-corrected chi connectivity index (χ0v) is 21.3. The first-order valence-electron chi connectivity index (χ1n) is 12.6. The number of hydrogen-bond acceptors (Lipinski definition) is 4. The van der Waals surface area contributed by atoms with Gasteiger partial charge in [-0.1, -0.05) is 115 Å². The molecule has 5 aromatic carbocycles. The molecule has 0 N–H and O–H groups in total. The molecule has 4 nitrogen and oxygen atoms in total. The molecule has 0 saturated heterocycles. The molecular weight excluding hydrogens is 496 g/mol. The molecule has 0 aliphatic carbocycles. The molecule has 190 valence electrons. The van der Waals surface area contributed by atoms with Crippen LogP contribution in [0.25, 0.3) is 22.3 Å². The third kappa shape index (κ3) is 5.45. The largest absolute Gasteiger partial charge is 0.285 e. The van der Waals surface area contributed by atoms with E-state index in [0.717, 1.165) is 22.3 Å². The van der Waals surface area contributed by atoms with Crippen LogP contribution < -0.4 is 0 Å². The van der Waals surface area contributed by atoms with Crippen molar-refractivity contribution in [2.24, 2.45) is 0 Å². The zero-order chi connectivity index (χ0) is 28.1. The smallest absolute Gasteiger partial charge is 0.233 e. The van der Waals surface area contributed by atoms with Crippen LogP contribution in [0.15, 0.2) is 127 Å². The Morgan fingerprint density at radius 2 is 0.725 bits per heavy atom. The quantitative estimate of drug-likeness (QED) is 0.124. The van der Waals surface area contributed by atoms with Crippen molar-refractivity contribution in [1.29, 1.82) is 0 Å². The maximum atomic E-state index is 13.1. The second kappa shape index (κ2) is 11.4. The summed E-state index contributed by atoms with van der Waals surface area (Å²) in [6.45, 7) is 0. The Morgan fingerprint density at radius 3 is 1.07 bits per heavy atom. The number of carbonyl (C=O) groups is 4. The van der Waals surface area contributed by atoms with Crippen molar-refractivity contribution in [3.8, 4) is 34.6 Å². The average Bonchev–Trinajstić information content (AvgIpc) is 3.04. The van der Waals surface area contributed by atoms with E-state index in [1.54, 1.807) is 48.5 Å². The summed E-state index contributed by atoms with van der Waals surface area (Å²) in [6.07, 6.45) is 5.56. The van der Waals surface area contributed by atoms with Crippen molar-refractivity contribution in [2.75, 3.05) is 0 Å². The molecular formula is C36H22O4. The highest BCUT2D eigenvalue weighted by Gasteiger charge is 2.24. The van der Waals surface area contributed by atoms with Gasteiger partial charge in [-0.05, 0) is 40.5 Å². The lowest BCUT2D eigenvalue weighted by atomic mass is 9.93. The molecule has 0 bridgehead atoms. The number of benzene rings is 5. The minimum atomic E-state index is -0.821. The molecule has 40 heavy (non-hydrogen) atoms. The van der Waals surface area contributed by atoms with Crippen molar-refractivity contribution in [3.05, 3.63) is 155 Å². The molecule has 0 spiro atoms. The Kier molecular flexibility index (Phi) is 7.39. The van der Waals surface area contributed by atoms with E-state index in [1.165, 1.54) is 18.2 Å². The van der Waals surface area contributed by atoms with Crippen LogP contribution in [0.5, 0.6) is 0 Å². The topological polar surface area (TPSA) is 68.3 Å². The van der Waals surface area contributed by atoms with Gasteiger partial charge in [0.25, 0.3) is 0 Å². The summed E-state index contributed by atoms with van der Waals surface area (Å²) < 4.78 is 0. The van der Waals surface area contributed by atoms with Crippen LogP contribution in [0.4, 0.5) is 0 Å². The fourth-order valence-electron chi connectivity index (χ4n) is 4.39. The van der Waals surface area contributed by atoms with Gasteiger partial charge in [0.2, 0.25) is 23.1 Å². The van der Waals surface area contributed by atoms with Crippen LogP contribution in [0, 0.1) is 12.3 Å². The molecule has 0 atom stereocenters. The van der Waals surface area contributed by atoms with E-state index in [2.05, 4.69) is 5.92 Å². The fraction of sp³-hybridized carbons (Fsp3) is 0. The van der Waals surface area contributed by atoms with Crippen molar-refractivity contribution in [3.63, 3.8) is 0 Å². The van der Waals surface area contributed by atoms with Crippen LogP contribution in [0.3, 0.4) is 0 Å². The number of carbonyl (C=O) groups excluding carboxylic acids is 4. The highest BCUT2D eigenvalue weighted by molar-refractivity contribution is 6.51. The van der Waals surface area contributed by atoms with Gasteiger partial charge >= 0.3 is 0 Å². The molecule has 0 saturated carbocycles. The summed E-state index contributed by atoms with van der Waals surface area (Å²) in [5.74, 6) is -0.724. The first kappa shape index (κ1) is 26.0. The third-order valence-electron chi connectivity index (χ3n) is 6.54. The Morgan fingerprint density at radius 1 is 0.400 bits per heavy atom. The van der Waals surface area contributed by atoms with Crippen LogP contribution in [0.1, 0.15) is 47.0 Å². The summed E-state index contributed by atoms with van der Waals surface area (Å²) >= 11 is 0. The van der Waals surface area contributed by atoms with Gasteiger partial charge in [0.05, 0.1) is 0 Å². The highest BCUT2D eigenvalue weighted by Crippen LogP contribution is 2.22. The van der Waals surface area contributed by atoms with Gasteiger partial charge in [-0.3, -0.25) is 19.2 Å². The summed E-state index contributed by atoms with van der Waals surface area (Å²) in [4.78, 5) is 52.3. The number of Topliss-reactive ketones (excluding diaryl/α,β-unsaturated/α-hetero) is 4. The van der Waals surface area contributed by atoms with Gasteiger partial charge in [-0.15, -0.1) is 6.42 Å². The zero-order valence-electron chi connectivity index (χ0n) is 21.3. The molecule has 5 rings (SSSR count). The van der Waals surface area contributed by atoms with Crippen LogP contribution in [-0.2, 0) is 0 Å². The van der Waals surface area contributed by atoms with Crippen LogP contribution >= 0.6 is 0 Å². The van der Waals surface area contributed by atoms with E-state index < -0.39 is 23.1 Å². The predicted molar refractivity (Wildman–Crippen MR) is 155 cm³/mol. The lowest BCUT2D eigenvalue weighted by Gasteiger charge is -2.08. The van der Waals surface area contributed by atoms with Gasteiger partial charge in [0, 0.05) is 27.8 Å². The summed E-state index contributed by atoms with van der Waals surface area (Å²) in [7, 11) is 0. The number of hydrogen-bond donors (Lipinski definition) is 0. The van der Waals surface area contributed by atoms with Gasteiger partial charge in [-0.2, -0.15) is 0 Å². The normalized spacial score (nSPS) is 10.4. The molecule has 0 unspecified atom stereocenters. The van der Waals surface area contributed by atoms with E-state index in [-0.39, 0.29) is 27.8 Å². The number of rotatable bonds is 8. The van der Waals surface area contributed by atoms with E-state index >= 15 is 0 Å². The Balaban J connectivity index is 1.38.